The van der Waals surface area contributed by atoms with Crippen molar-refractivity contribution in [3.05, 3.63) is 22.1 Å². The van der Waals surface area contributed by atoms with Crippen LogP contribution in [0, 0.1) is 18.8 Å². The number of H-pyrrole nitrogens is 1. The molecule has 0 unspecified atom stereocenters. The first kappa shape index (κ1) is 19.6. The molecule has 0 bridgehead atoms. The Morgan fingerprint density at radius 3 is 2.38 bits per heavy atom. The van der Waals surface area contributed by atoms with Gasteiger partial charge >= 0.3 is 6.03 Å². The molecule has 0 saturated heterocycles. The van der Waals surface area contributed by atoms with E-state index in [1.807, 2.05) is 0 Å². The Labute approximate surface area is 168 Å². The average Bonchev–Trinajstić information content (AvgIpc) is 2.57. The van der Waals surface area contributed by atoms with Gasteiger partial charge in [-0.25, -0.2) is 4.79 Å². The SMILES string of the molecule is Cc1cc(=O)nc(NC(=O)NC2CCC(CC3CCC(I)CC3)CC2)[nH]1. The van der Waals surface area contributed by atoms with Gasteiger partial charge in [-0.2, -0.15) is 4.98 Å². The summed E-state index contributed by atoms with van der Waals surface area (Å²) >= 11 is 2.59. The maximum absolute atomic E-state index is 12.1. The van der Waals surface area contributed by atoms with Crippen molar-refractivity contribution in [3.8, 4) is 0 Å². The van der Waals surface area contributed by atoms with Crippen molar-refractivity contribution in [2.24, 2.45) is 11.8 Å². The van der Waals surface area contributed by atoms with E-state index in [9.17, 15) is 9.59 Å². The second-order valence-corrected chi connectivity index (χ2v) is 9.68. The Morgan fingerprint density at radius 1 is 1.15 bits per heavy atom. The standard InChI is InChI=1S/C19H29IN4O2/c1-12-10-17(25)23-18(21-12)24-19(26)22-16-8-4-14(5-9-16)11-13-2-6-15(20)7-3-13/h10,13-16H,2-9,11H2,1H3,(H3,21,22,23,24,25,26). The number of alkyl halides is 1. The zero-order chi connectivity index (χ0) is 18.5. The van der Waals surface area contributed by atoms with E-state index in [0.29, 0.717) is 5.69 Å². The summed E-state index contributed by atoms with van der Waals surface area (Å²) in [5.41, 5.74) is 0.325. The first-order valence-electron chi connectivity index (χ1n) is 9.77. The Hall–Kier alpha value is -1.12. The van der Waals surface area contributed by atoms with Crippen LogP contribution in [-0.2, 0) is 0 Å². The Balaban J connectivity index is 1.39. The van der Waals surface area contributed by atoms with Gasteiger partial charge in [0, 0.05) is 21.7 Å². The minimum atomic E-state index is -0.353. The number of anilines is 1. The van der Waals surface area contributed by atoms with Crippen molar-refractivity contribution in [1.29, 1.82) is 0 Å². The molecule has 0 radical (unpaired) electrons. The van der Waals surface area contributed by atoms with Gasteiger partial charge in [-0.15, -0.1) is 0 Å². The third kappa shape index (κ3) is 5.96. The highest BCUT2D eigenvalue weighted by atomic mass is 127. The van der Waals surface area contributed by atoms with Crippen molar-refractivity contribution >= 4 is 34.6 Å². The van der Waals surface area contributed by atoms with Crippen molar-refractivity contribution < 1.29 is 4.79 Å². The predicted molar refractivity (Wildman–Crippen MR) is 112 cm³/mol. The molecule has 3 N–H and O–H groups in total. The van der Waals surface area contributed by atoms with Gasteiger partial charge in [-0.3, -0.25) is 10.1 Å². The first-order valence-corrected chi connectivity index (χ1v) is 11.0. The van der Waals surface area contributed by atoms with Crippen molar-refractivity contribution in [3.63, 3.8) is 0 Å². The smallest absolute Gasteiger partial charge is 0.321 e. The van der Waals surface area contributed by atoms with Crippen LogP contribution in [0.25, 0.3) is 0 Å². The van der Waals surface area contributed by atoms with Crippen LogP contribution >= 0.6 is 22.6 Å². The number of nitrogens with zero attached hydrogens (tertiary/aromatic N) is 1. The molecule has 1 aromatic heterocycles. The van der Waals surface area contributed by atoms with E-state index in [2.05, 4.69) is 43.2 Å². The highest BCUT2D eigenvalue weighted by molar-refractivity contribution is 14.1. The Kier molecular flexibility index (Phi) is 6.94. The summed E-state index contributed by atoms with van der Waals surface area (Å²) in [7, 11) is 0. The van der Waals surface area contributed by atoms with Crippen LogP contribution in [0.3, 0.4) is 0 Å². The van der Waals surface area contributed by atoms with E-state index in [-0.39, 0.29) is 23.6 Å². The van der Waals surface area contributed by atoms with E-state index >= 15 is 0 Å². The molecule has 3 rings (SSSR count). The highest BCUT2D eigenvalue weighted by Crippen LogP contribution is 2.37. The predicted octanol–water partition coefficient (Wildman–Crippen LogP) is 4.14. The molecule has 1 heterocycles. The minimum absolute atomic E-state index is 0.201. The molecule has 2 aliphatic carbocycles. The van der Waals surface area contributed by atoms with Crippen LogP contribution in [0.4, 0.5) is 10.7 Å². The molecule has 2 saturated carbocycles. The number of hydrogen-bond donors (Lipinski definition) is 3. The fraction of sp³-hybridized carbons (Fsp3) is 0.737. The fourth-order valence-electron chi connectivity index (χ4n) is 4.34. The number of nitrogens with one attached hydrogen (secondary N) is 3. The van der Waals surface area contributed by atoms with Crippen LogP contribution < -0.4 is 16.2 Å². The van der Waals surface area contributed by atoms with Crippen LogP contribution in [0.15, 0.2) is 10.9 Å². The topological polar surface area (TPSA) is 86.9 Å². The molecule has 0 aromatic carbocycles. The molecule has 6 nitrogen and oxygen atoms in total. The summed E-state index contributed by atoms with van der Waals surface area (Å²) in [5.74, 6) is 1.94. The van der Waals surface area contributed by atoms with Gasteiger partial charge in [-0.1, -0.05) is 22.6 Å². The maximum Gasteiger partial charge on any atom is 0.321 e. The number of rotatable bonds is 4. The van der Waals surface area contributed by atoms with Crippen molar-refractivity contribution in [1.82, 2.24) is 15.3 Å². The number of urea groups is 1. The number of carbonyl (C=O) groups is 1. The number of aromatic amines is 1. The number of aryl methyl sites for hydroxylation is 1. The molecule has 26 heavy (non-hydrogen) atoms. The van der Waals surface area contributed by atoms with E-state index in [1.54, 1.807) is 6.92 Å². The number of carbonyl (C=O) groups excluding carboxylic acids is 1. The summed E-state index contributed by atoms with van der Waals surface area (Å²) in [6.07, 6.45) is 11.4. The summed E-state index contributed by atoms with van der Waals surface area (Å²) in [6.45, 7) is 1.76. The largest absolute Gasteiger partial charge is 0.335 e. The van der Waals surface area contributed by atoms with E-state index in [1.165, 1.54) is 51.0 Å². The third-order valence-corrected chi connectivity index (χ3v) is 6.98. The minimum Gasteiger partial charge on any atom is -0.335 e. The van der Waals surface area contributed by atoms with Gasteiger partial charge in [0.05, 0.1) is 0 Å². The lowest BCUT2D eigenvalue weighted by atomic mass is 9.76. The summed E-state index contributed by atoms with van der Waals surface area (Å²) in [6, 6.07) is 1.33. The third-order valence-electron chi connectivity index (χ3n) is 5.73. The van der Waals surface area contributed by atoms with Gasteiger partial charge < -0.3 is 10.3 Å². The van der Waals surface area contributed by atoms with E-state index in [0.717, 1.165) is 28.6 Å². The summed E-state index contributed by atoms with van der Waals surface area (Å²) < 4.78 is 0.889. The zero-order valence-corrected chi connectivity index (χ0v) is 17.5. The van der Waals surface area contributed by atoms with E-state index in [4.69, 9.17) is 0 Å². The second kappa shape index (κ2) is 9.19. The van der Waals surface area contributed by atoms with Crippen LogP contribution in [0.2, 0.25) is 0 Å². The molecule has 2 amide bonds. The monoisotopic (exact) mass is 472 g/mol. The molecule has 0 atom stereocenters. The quantitative estimate of drug-likeness (QED) is 0.455. The molecule has 1 aromatic rings. The Bertz CT molecular complexity index is 662. The van der Waals surface area contributed by atoms with Gasteiger partial charge in [0.2, 0.25) is 5.95 Å². The van der Waals surface area contributed by atoms with Gasteiger partial charge in [0.25, 0.3) is 5.56 Å². The lowest BCUT2D eigenvalue weighted by Crippen LogP contribution is -2.40. The summed E-state index contributed by atoms with van der Waals surface area (Å²) in [4.78, 5) is 30.2. The molecule has 2 aliphatic rings. The maximum atomic E-state index is 12.1. The molecular weight excluding hydrogens is 443 g/mol. The van der Waals surface area contributed by atoms with Gasteiger partial charge in [0.15, 0.2) is 0 Å². The highest BCUT2D eigenvalue weighted by Gasteiger charge is 2.27. The van der Waals surface area contributed by atoms with E-state index < -0.39 is 0 Å². The van der Waals surface area contributed by atoms with Crippen molar-refractivity contribution in [2.75, 3.05) is 5.32 Å². The lowest BCUT2D eigenvalue weighted by Gasteiger charge is -2.33. The average molecular weight is 472 g/mol. The fourth-order valence-corrected chi connectivity index (χ4v) is 5.06. The van der Waals surface area contributed by atoms with Gasteiger partial charge in [-0.05, 0) is 76.5 Å². The normalized spacial score (nSPS) is 29.2. The molecular formula is C19H29IN4O2. The van der Waals surface area contributed by atoms with Crippen LogP contribution in [0.5, 0.6) is 0 Å². The molecule has 2 fully saturated rings. The molecule has 0 spiro atoms. The van der Waals surface area contributed by atoms with Crippen LogP contribution in [0.1, 0.15) is 63.5 Å². The summed E-state index contributed by atoms with van der Waals surface area (Å²) in [5, 5.41) is 5.66. The molecule has 7 heteroatoms. The second-order valence-electron chi connectivity index (χ2n) is 7.92. The number of hydrogen-bond acceptors (Lipinski definition) is 3. The first-order chi connectivity index (χ1) is 12.5. The lowest BCUT2D eigenvalue weighted by molar-refractivity contribution is 0.217. The Morgan fingerprint density at radius 2 is 1.77 bits per heavy atom. The van der Waals surface area contributed by atoms with Gasteiger partial charge in [0.1, 0.15) is 0 Å². The molecule has 0 aliphatic heterocycles. The zero-order valence-electron chi connectivity index (χ0n) is 15.4. The number of halogens is 1. The number of amides is 2. The van der Waals surface area contributed by atoms with Crippen LogP contribution in [-0.4, -0.2) is 26.0 Å². The molecule has 144 valence electrons. The number of aromatic nitrogens is 2. The van der Waals surface area contributed by atoms with Crippen molar-refractivity contribution in [2.45, 2.75) is 74.7 Å².